The van der Waals surface area contributed by atoms with Gasteiger partial charge in [0.25, 0.3) is 0 Å². The average molecular weight is 591 g/mol. The Kier molecular flexibility index (Phi) is 14.9. The Morgan fingerprint density at radius 2 is 1.65 bits per heavy atom. The predicted molar refractivity (Wildman–Crippen MR) is 175 cm³/mol. The monoisotopic (exact) mass is 590 g/mol. The molecule has 0 spiro atoms. The van der Waals surface area contributed by atoms with E-state index in [1.807, 2.05) is 30.3 Å². The van der Waals surface area contributed by atoms with Gasteiger partial charge >= 0.3 is 11.9 Å². The molecule has 4 N–H and O–H groups in total. The number of allylic oxidation sites excluding steroid dienone is 1. The third kappa shape index (κ3) is 12.7. The lowest BCUT2D eigenvalue weighted by molar-refractivity contribution is -0.141. The van der Waals surface area contributed by atoms with E-state index in [0.29, 0.717) is 17.1 Å². The molecule has 7 heteroatoms. The van der Waals surface area contributed by atoms with Crippen LogP contribution in [-0.4, -0.2) is 31.3 Å². The fourth-order valence-corrected chi connectivity index (χ4v) is 5.44. The van der Waals surface area contributed by atoms with Crippen LogP contribution < -0.4 is 16.2 Å². The van der Waals surface area contributed by atoms with Crippen molar-refractivity contribution in [1.82, 2.24) is 0 Å². The summed E-state index contributed by atoms with van der Waals surface area (Å²) >= 11 is 0. The molecule has 0 heterocycles. The first-order chi connectivity index (χ1) is 20.9. The van der Waals surface area contributed by atoms with Gasteiger partial charge in [-0.3, -0.25) is 4.79 Å². The van der Waals surface area contributed by atoms with Crippen molar-refractivity contribution in [3.8, 4) is 5.75 Å². The van der Waals surface area contributed by atoms with Gasteiger partial charge < -0.3 is 25.7 Å². The second-order valence-electron chi connectivity index (χ2n) is 11.6. The molecule has 2 aromatic carbocycles. The smallest absolute Gasteiger partial charge is 0.330 e. The molecule has 2 aromatic rings. The Balaban J connectivity index is 1.38. The highest BCUT2D eigenvalue weighted by Crippen LogP contribution is 2.29. The van der Waals surface area contributed by atoms with E-state index in [1.54, 1.807) is 24.3 Å². The fourth-order valence-electron chi connectivity index (χ4n) is 5.44. The predicted octanol–water partition coefficient (Wildman–Crippen LogP) is 8.00. The number of carbonyl (C=O) groups is 2. The summed E-state index contributed by atoms with van der Waals surface area (Å²) < 4.78 is 17.3. The second-order valence-corrected chi connectivity index (χ2v) is 11.6. The lowest BCUT2D eigenvalue weighted by Gasteiger charge is -2.27. The van der Waals surface area contributed by atoms with E-state index < -0.39 is 5.97 Å². The van der Waals surface area contributed by atoms with Crippen molar-refractivity contribution in [2.75, 3.05) is 24.7 Å². The average Bonchev–Trinajstić information content (AvgIpc) is 3.00. The Bertz CT molecular complexity index is 1150. The van der Waals surface area contributed by atoms with Gasteiger partial charge in [0.15, 0.2) is 0 Å². The molecule has 43 heavy (non-hydrogen) atoms. The van der Waals surface area contributed by atoms with Crippen molar-refractivity contribution >= 4 is 29.4 Å². The molecule has 0 aromatic heterocycles. The lowest BCUT2D eigenvalue weighted by atomic mass is 9.87. The standard InChI is InChI=1S/C36H50N2O5/c1-3-5-7-8-9-10-22-41-33-19-15-28(16-20-33)36(40)43-34-17-12-27(13-18-34)14-21-35(39)42-26-29(11-6-4-2)30-23-31(37)25-32(38)24-30/h3,12-14,17-18,21,23-25,28-29,33H,1,4-11,15-16,19-20,22,26,37-38H2,2H3/b21-14+. The number of unbranched alkanes of at least 4 members (excludes halogenated alkanes) is 5. The number of esters is 2. The third-order valence-corrected chi connectivity index (χ3v) is 7.98. The lowest BCUT2D eigenvalue weighted by Crippen LogP contribution is -2.29. The van der Waals surface area contributed by atoms with Crippen molar-refractivity contribution in [1.29, 1.82) is 0 Å². The van der Waals surface area contributed by atoms with Crippen LogP contribution in [0.15, 0.2) is 61.2 Å². The van der Waals surface area contributed by atoms with Crippen LogP contribution in [0.5, 0.6) is 5.75 Å². The van der Waals surface area contributed by atoms with Crippen molar-refractivity contribution in [3.63, 3.8) is 0 Å². The molecule has 1 aliphatic carbocycles. The summed E-state index contributed by atoms with van der Waals surface area (Å²) in [6.07, 6.45) is 17.4. The fraction of sp³-hybridized carbons (Fsp3) is 0.500. The number of hydrogen-bond acceptors (Lipinski definition) is 7. The summed E-state index contributed by atoms with van der Waals surface area (Å²) in [5, 5.41) is 0. The van der Waals surface area contributed by atoms with Gasteiger partial charge in [-0.25, -0.2) is 4.79 Å². The summed E-state index contributed by atoms with van der Waals surface area (Å²) in [5.41, 5.74) is 14.9. The zero-order valence-corrected chi connectivity index (χ0v) is 25.8. The van der Waals surface area contributed by atoms with Gasteiger partial charge in [0.2, 0.25) is 0 Å². The maximum atomic E-state index is 12.7. The molecule has 0 aliphatic heterocycles. The molecule has 7 nitrogen and oxygen atoms in total. The number of ether oxygens (including phenoxy) is 3. The number of hydrogen-bond donors (Lipinski definition) is 2. The Hall–Kier alpha value is -3.58. The van der Waals surface area contributed by atoms with Gasteiger partial charge in [0.05, 0.1) is 18.6 Å². The van der Waals surface area contributed by atoms with Gasteiger partial charge in [0.1, 0.15) is 5.75 Å². The van der Waals surface area contributed by atoms with Crippen LogP contribution in [0.25, 0.3) is 6.08 Å². The third-order valence-electron chi connectivity index (χ3n) is 7.98. The first-order valence-corrected chi connectivity index (χ1v) is 15.9. The maximum Gasteiger partial charge on any atom is 0.330 e. The minimum atomic E-state index is -0.419. The van der Waals surface area contributed by atoms with E-state index in [1.165, 1.54) is 25.3 Å². The van der Waals surface area contributed by atoms with Crippen LogP contribution in [0.2, 0.25) is 0 Å². The number of carbonyl (C=O) groups excluding carboxylic acids is 2. The molecule has 0 bridgehead atoms. The Morgan fingerprint density at radius 1 is 0.953 bits per heavy atom. The molecule has 234 valence electrons. The van der Waals surface area contributed by atoms with Crippen LogP contribution in [0, 0.1) is 5.92 Å². The Labute approximate surface area is 257 Å². The van der Waals surface area contributed by atoms with Crippen LogP contribution >= 0.6 is 0 Å². The molecule has 3 rings (SSSR count). The zero-order chi connectivity index (χ0) is 30.9. The normalized spacial score (nSPS) is 17.4. The van der Waals surface area contributed by atoms with Crippen molar-refractivity contribution in [2.24, 2.45) is 5.92 Å². The maximum absolute atomic E-state index is 12.7. The molecular weight excluding hydrogens is 540 g/mol. The summed E-state index contributed by atoms with van der Waals surface area (Å²) in [6, 6.07) is 12.6. The molecule has 1 fully saturated rings. The van der Waals surface area contributed by atoms with E-state index in [0.717, 1.165) is 75.5 Å². The summed E-state index contributed by atoms with van der Waals surface area (Å²) in [6.45, 7) is 6.94. The van der Waals surface area contributed by atoms with Crippen LogP contribution in [0.4, 0.5) is 11.4 Å². The topological polar surface area (TPSA) is 114 Å². The highest BCUT2D eigenvalue weighted by Gasteiger charge is 2.28. The zero-order valence-electron chi connectivity index (χ0n) is 25.8. The van der Waals surface area contributed by atoms with E-state index in [4.69, 9.17) is 25.7 Å². The van der Waals surface area contributed by atoms with Gasteiger partial charge in [-0.1, -0.05) is 50.8 Å². The molecular formula is C36H50N2O5. The molecule has 1 unspecified atom stereocenters. The quantitative estimate of drug-likeness (QED) is 0.0451. The SMILES string of the molecule is C=CCCCCCCOC1CCC(C(=O)Oc2ccc(/C=C/C(=O)OCC(CCCC)c3cc(N)cc(N)c3)cc2)CC1. The Morgan fingerprint density at radius 3 is 2.33 bits per heavy atom. The van der Waals surface area contributed by atoms with Gasteiger partial charge in [-0.15, -0.1) is 6.58 Å². The number of nitrogens with two attached hydrogens (primary N) is 2. The van der Waals surface area contributed by atoms with Crippen molar-refractivity contribution in [2.45, 2.75) is 96.0 Å². The van der Waals surface area contributed by atoms with Crippen molar-refractivity contribution in [3.05, 3.63) is 72.3 Å². The summed E-state index contributed by atoms with van der Waals surface area (Å²) in [4.78, 5) is 25.2. The number of benzene rings is 2. The minimum absolute atomic E-state index is 0.0297. The molecule has 1 atom stereocenters. The molecule has 0 saturated heterocycles. The highest BCUT2D eigenvalue weighted by atomic mass is 16.5. The highest BCUT2D eigenvalue weighted by molar-refractivity contribution is 5.87. The number of nitrogen functional groups attached to an aromatic ring is 2. The minimum Gasteiger partial charge on any atom is -0.462 e. The number of anilines is 2. The van der Waals surface area contributed by atoms with Gasteiger partial charge in [-0.05, 0) is 98.9 Å². The molecule has 1 saturated carbocycles. The number of rotatable bonds is 18. The summed E-state index contributed by atoms with van der Waals surface area (Å²) in [5.74, 6) is -0.177. The van der Waals surface area contributed by atoms with E-state index in [9.17, 15) is 9.59 Å². The van der Waals surface area contributed by atoms with E-state index in [-0.39, 0.29) is 30.5 Å². The second kappa shape index (κ2) is 18.9. The van der Waals surface area contributed by atoms with Gasteiger partial charge in [0, 0.05) is 30.0 Å². The molecule has 1 aliphatic rings. The first-order valence-electron chi connectivity index (χ1n) is 15.9. The van der Waals surface area contributed by atoms with Crippen molar-refractivity contribution < 1.29 is 23.8 Å². The van der Waals surface area contributed by atoms with E-state index >= 15 is 0 Å². The van der Waals surface area contributed by atoms with Crippen LogP contribution in [0.1, 0.15) is 101 Å². The summed E-state index contributed by atoms with van der Waals surface area (Å²) in [7, 11) is 0. The van der Waals surface area contributed by atoms with Crippen LogP contribution in [-0.2, 0) is 19.1 Å². The largest absolute Gasteiger partial charge is 0.462 e. The van der Waals surface area contributed by atoms with Gasteiger partial charge in [-0.2, -0.15) is 0 Å². The molecule has 0 radical (unpaired) electrons. The van der Waals surface area contributed by atoms with Crippen LogP contribution in [0.3, 0.4) is 0 Å². The van der Waals surface area contributed by atoms with E-state index in [2.05, 4.69) is 13.5 Å². The first kappa shape index (κ1) is 33.9. The molecule has 0 amide bonds.